The second-order valence-electron chi connectivity index (χ2n) is 6.11. The molecule has 0 radical (unpaired) electrons. The maximum absolute atomic E-state index is 11.7. The van der Waals surface area contributed by atoms with E-state index in [-0.39, 0.29) is 6.04 Å². The van der Waals surface area contributed by atoms with Gasteiger partial charge in [-0.15, -0.1) is 0 Å². The minimum Gasteiger partial charge on any atom is -0.463 e. The first-order valence-electron chi connectivity index (χ1n) is 8.00. The van der Waals surface area contributed by atoms with E-state index in [1.807, 2.05) is 31.7 Å². The van der Waals surface area contributed by atoms with Crippen molar-refractivity contribution in [2.24, 2.45) is 0 Å². The van der Waals surface area contributed by atoms with Crippen LogP contribution in [0.2, 0.25) is 0 Å². The number of ether oxygens (including phenoxy) is 1. The minimum atomic E-state index is -0.417. The van der Waals surface area contributed by atoms with Crippen LogP contribution < -0.4 is 0 Å². The van der Waals surface area contributed by atoms with Gasteiger partial charge < -0.3 is 13.7 Å². The van der Waals surface area contributed by atoms with E-state index in [0.717, 1.165) is 37.3 Å². The van der Waals surface area contributed by atoms with Crippen molar-refractivity contribution in [3.8, 4) is 0 Å². The van der Waals surface area contributed by atoms with Gasteiger partial charge in [0.15, 0.2) is 0 Å². The molecular weight excluding hydrogens is 294 g/mol. The van der Waals surface area contributed by atoms with E-state index in [1.54, 1.807) is 0 Å². The van der Waals surface area contributed by atoms with Crippen molar-refractivity contribution >= 4 is 5.97 Å². The fourth-order valence-electron chi connectivity index (χ4n) is 3.24. The van der Waals surface area contributed by atoms with Crippen LogP contribution >= 0.6 is 0 Å². The molecule has 1 aliphatic rings. The molecule has 0 aliphatic carbocycles. The Morgan fingerprint density at radius 3 is 2.78 bits per heavy atom. The number of rotatable bonds is 4. The van der Waals surface area contributed by atoms with Gasteiger partial charge in [0, 0.05) is 37.1 Å². The van der Waals surface area contributed by atoms with E-state index in [4.69, 9.17) is 9.15 Å². The number of hydrogen-bond donors (Lipinski definition) is 0. The fraction of sp³-hybridized carbons (Fsp3) is 0.529. The van der Waals surface area contributed by atoms with Crippen LogP contribution in [0.15, 0.2) is 29.2 Å². The third-order valence-electron chi connectivity index (χ3n) is 4.71. The molecule has 0 N–H and O–H groups in total. The average Bonchev–Trinajstić information content (AvgIpc) is 3.23. The van der Waals surface area contributed by atoms with Crippen molar-refractivity contribution in [2.75, 3.05) is 20.2 Å². The molecule has 6 nitrogen and oxygen atoms in total. The van der Waals surface area contributed by atoms with Crippen LogP contribution in [-0.4, -0.2) is 40.6 Å². The lowest BCUT2D eigenvalue weighted by Gasteiger charge is -2.35. The molecule has 1 unspecified atom stereocenters. The first kappa shape index (κ1) is 15.8. The maximum atomic E-state index is 11.7. The molecule has 0 bridgehead atoms. The van der Waals surface area contributed by atoms with Gasteiger partial charge in [-0.05, 0) is 32.8 Å². The zero-order valence-corrected chi connectivity index (χ0v) is 13.9. The van der Waals surface area contributed by atoms with Gasteiger partial charge in [0.2, 0.25) is 5.76 Å². The number of furan rings is 1. The Balaban J connectivity index is 1.65. The summed E-state index contributed by atoms with van der Waals surface area (Å²) >= 11 is 0. The monoisotopic (exact) mass is 317 g/mol. The highest BCUT2D eigenvalue weighted by Crippen LogP contribution is 2.30. The summed E-state index contributed by atoms with van der Waals surface area (Å²) in [4.78, 5) is 18.2. The molecule has 2 aromatic heterocycles. The van der Waals surface area contributed by atoms with Crippen LogP contribution in [0, 0.1) is 6.92 Å². The Kier molecular flexibility index (Phi) is 4.52. The molecular formula is C17H23N3O3. The molecule has 0 amide bonds. The predicted molar refractivity (Wildman–Crippen MR) is 85.3 cm³/mol. The summed E-state index contributed by atoms with van der Waals surface area (Å²) < 4.78 is 12.7. The van der Waals surface area contributed by atoms with E-state index in [2.05, 4.69) is 21.4 Å². The topological polar surface area (TPSA) is 60.5 Å². The summed E-state index contributed by atoms with van der Waals surface area (Å²) in [5.74, 6) is 0.714. The van der Waals surface area contributed by atoms with Crippen LogP contribution in [0.3, 0.4) is 0 Å². The maximum Gasteiger partial charge on any atom is 0.374 e. The lowest BCUT2D eigenvalue weighted by molar-refractivity contribution is 0.0555. The van der Waals surface area contributed by atoms with Crippen molar-refractivity contribution in [1.29, 1.82) is 0 Å². The Morgan fingerprint density at radius 2 is 2.17 bits per heavy atom. The van der Waals surface area contributed by atoms with Gasteiger partial charge in [0.1, 0.15) is 5.76 Å². The molecule has 1 saturated heterocycles. The van der Waals surface area contributed by atoms with Gasteiger partial charge >= 0.3 is 5.97 Å². The largest absolute Gasteiger partial charge is 0.463 e. The van der Waals surface area contributed by atoms with Gasteiger partial charge in [-0.1, -0.05) is 0 Å². The van der Waals surface area contributed by atoms with Crippen LogP contribution in [0.4, 0.5) is 0 Å². The number of aromatic nitrogens is 2. The quantitative estimate of drug-likeness (QED) is 0.811. The van der Waals surface area contributed by atoms with Crippen molar-refractivity contribution in [3.63, 3.8) is 0 Å². The highest BCUT2D eigenvalue weighted by molar-refractivity contribution is 5.87. The van der Waals surface area contributed by atoms with E-state index in [1.165, 1.54) is 7.11 Å². The smallest absolute Gasteiger partial charge is 0.374 e. The van der Waals surface area contributed by atoms with Crippen LogP contribution in [0.1, 0.15) is 53.7 Å². The van der Waals surface area contributed by atoms with Gasteiger partial charge in [0.05, 0.1) is 19.5 Å². The van der Waals surface area contributed by atoms with Crippen molar-refractivity contribution in [2.45, 2.75) is 38.8 Å². The van der Waals surface area contributed by atoms with Gasteiger partial charge in [-0.3, -0.25) is 4.90 Å². The van der Waals surface area contributed by atoms with Crippen molar-refractivity contribution < 1.29 is 13.9 Å². The molecule has 1 fully saturated rings. The second-order valence-corrected chi connectivity index (χ2v) is 6.11. The number of carbonyl (C=O) groups excluding carboxylic acids is 1. The molecule has 23 heavy (non-hydrogen) atoms. The van der Waals surface area contributed by atoms with E-state index in [0.29, 0.717) is 11.8 Å². The number of imidazole rings is 1. The van der Waals surface area contributed by atoms with Gasteiger partial charge in [-0.2, -0.15) is 0 Å². The highest BCUT2D eigenvalue weighted by Gasteiger charge is 2.27. The summed E-state index contributed by atoms with van der Waals surface area (Å²) in [6.45, 7) is 5.99. The third kappa shape index (κ3) is 3.17. The number of aryl methyl sites for hydroxylation is 1. The molecule has 6 heteroatoms. The van der Waals surface area contributed by atoms with E-state index >= 15 is 0 Å². The Labute approximate surface area is 136 Å². The van der Waals surface area contributed by atoms with Crippen molar-refractivity contribution in [3.05, 3.63) is 41.9 Å². The Hall–Kier alpha value is -2.08. The number of hydrogen-bond acceptors (Lipinski definition) is 5. The Morgan fingerprint density at radius 1 is 1.43 bits per heavy atom. The number of piperidine rings is 1. The van der Waals surface area contributed by atoms with E-state index < -0.39 is 5.97 Å². The predicted octanol–water partition coefficient (Wildman–Crippen LogP) is 2.97. The lowest BCUT2D eigenvalue weighted by Crippen LogP contribution is -2.36. The first-order valence-corrected chi connectivity index (χ1v) is 8.00. The standard InChI is InChI=1S/C17H23N3O3/c1-12-10-15(23-16(12)17(21)22-3)13(2)19-7-4-14(5-8-19)20-9-6-18-11-20/h6,9-11,13-14H,4-5,7-8H2,1-3H3. The summed E-state index contributed by atoms with van der Waals surface area (Å²) in [5.41, 5.74) is 0.826. The summed E-state index contributed by atoms with van der Waals surface area (Å²) in [6.07, 6.45) is 7.92. The van der Waals surface area contributed by atoms with Gasteiger partial charge in [-0.25, -0.2) is 9.78 Å². The molecule has 0 saturated carbocycles. The molecule has 2 aromatic rings. The second kappa shape index (κ2) is 6.58. The third-order valence-corrected chi connectivity index (χ3v) is 4.71. The van der Waals surface area contributed by atoms with Crippen LogP contribution in [-0.2, 0) is 4.74 Å². The van der Waals surface area contributed by atoms with Crippen LogP contribution in [0.5, 0.6) is 0 Å². The lowest BCUT2D eigenvalue weighted by atomic mass is 10.0. The fourth-order valence-corrected chi connectivity index (χ4v) is 3.24. The summed E-state index contributed by atoms with van der Waals surface area (Å²) in [6, 6.07) is 2.61. The number of carbonyl (C=O) groups is 1. The average molecular weight is 317 g/mol. The molecule has 0 spiro atoms. The number of likely N-dealkylation sites (tertiary alicyclic amines) is 1. The molecule has 3 heterocycles. The SMILES string of the molecule is COC(=O)c1oc(C(C)N2CCC(n3ccnc3)CC2)cc1C. The van der Waals surface area contributed by atoms with Crippen LogP contribution in [0.25, 0.3) is 0 Å². The molecule has 3 rings (SSSR count). The van der Waals surface area contributed by atoms with Crippen molar-refractivity contribution in [1.82, 2.24) is 14.5 Å². The first-order chi connectivity index (χ1) is 11.1. The minimum absolute atomic E-state index is 0.149. The zero-order chi connectivity index (χ0) is 16.4. The summed E-state index contributed by atoms with van der Waals surface area (Å²) in [7, 11) is 1.37. The molecule has 0 aromatic carbocycles. The number of nitrogens with zero attached hydrogens (tertiary/aromatic N) is 3. The number of methoxy groups -OCH3 is 1. The van der Waals surface area contributed by atoms with Gasteiger partial charge in [0.25, 0.3) is 0 Å². The zero-order valence-electron chi connectivity index (χ0n) is 13.9. The Bertz CT molecular complexity index is 655. The normalized spacial score (nSPS) is 18.0. The molecule has 124 valence electrons. The number of esters is 1. The molecule has 1 atom stereocenters. The summed E-state index contributed by atoms with van der Waals surface area (Å²) in [5, 5.41) is 0. The molecule has 1 aliphatic heterocycles. The highest BCUT2D eigenvalue weighted by atomic mass is 16.5. The van der Waals surface area contributed by atoms with E-state index in [9.17, 15) is 4.79 Å².